The standard InChI is InChI=1S/C15H16FNO/c1-9-4-10(2)11(3)15(5-9)18-14-7-12(16)6-13(17)8-14/h4-8H,17H2,1-3H3. The van der Waals surface area contributed by atoms with Crippen molar-refractivity contribution in [1.82, 2.24) is 0 Å². The highest BCUT2D eigenvalue weighted by Gasteiger charge is 2.07. The number of hydrogen-bond acceptors (Lipinski definition) is 2. The molecule has 0 aliphatic heterocycles. The zero-order valence-electron chi connectivity index (χ0n) is 10.8. The van der Waals surface area contributed by atoms with Crippen LogP contribution in [0.2, 0.25) is 0 Å². The van der Waals surface area contributed by atoms with E-state index in [4.69, 9.17) is 10.5 Å². The smallest absolute Gasteiger partial charge is 0.132 e. The monoisotopic (exact) mass is 245 g/mol. The highest BCUT2D eigenvalue weighted by molar-refractivity contribution is 5.48. The van der Waals surface area contributed by atoms with E-state index in [1.165, 1.54) is 12.1 Å². The molecule has 2 nitrogen and oxygen atoms in total. The van der Waals surface area contributed by atoms with Crippen LogP contribution in [0.3, 0.4) is 0 Å². The van der Waals surface area contributed by atoms with Crippen molar-refractivity contribution in [1.29, 1.82) is 0 Å². The van der Waals surface area contributed by atoms with Crippen LogP contribution < -0.4 is 10.5 Å². The lowest BCUT2D eigenvalue weighted by Gasteiger charge is -2.12. The van der Waals surface area contributed by atoms with E-state index in [-0.39, 0.29) is 0 Å². The molecule has 0 radical (unpaired) electrons. The third kappa shape index (κ3) is 2.62. The van der Waals surface area contributed by atoms with E-state index in [2.05, 4.69) is 6.07 Å². The maximum atomic E-state index is 13.2. The molecule has 3 heteroatoms. The Morgan fingerprint density at radius 3 is 2.39 bits per heavy atom. The van der Waals surface area contributed by atoms with Gasteiger partial charge in [-0.2, -0.15) is 0 Å². The lowest BCUT2D eigenvalue weighted by atomic mass is 10.1. The molecular weight excluding hydrogens is 229 g/mol. The van der Waals surface area contributed by atoms with Gasteiger partial charge in [0.2, 0.25) is 0 Å². The number of aryl methyl sites for hydroxylation is 2. The summed E-state index contributed by atoms with van der Waals surface area (Å²) in [4.78, 5) is 0. The van der Waals surface area contributed by atoms with Gasteiger partial charge in [-0.25, -0.2) is 4.39 Å². The van der Waals surface area contributed by atoms with Gasteiger partial charge in [0, 0.05) is 17.8 Å². The Balaban J connectivity index is 2.39. The molecule has 0 heterocycles. The molecule has 2 rings (SSSR count). The van der Waals surface area contributed by atoms with E-state index in [0.717, 1.165) is 22.4 Å². The molecule has 2 aromatic carbocycles. The minimum Gasteiger partial charge on any atom is -0.457 e. The number of nitrogens with two attached hydrogens (primary N) is 1. The van der Waals surface area contributed by atoms with Crippen molar-refractivity contribution in [3.8, 4) is 11.5 Å². The average molecular weight is 245 g/mol. The first-order valence-corrected chi connectivity index (χ1v) is 5.77. The Kier molecular flexibility index (Phi) is 3.24. The van der Waals surface area contributed by atoms with E-state index >= 15 is 0 Å². The van der Waals surface area contributed by atoms with Gasteiger partial charge in [0.15, 0.2) is 0 Å². The van der Waals surface area contributed by atoms with Crippen LogP contribution in [0.1, 0.15) is 16.7 Å². The molecule has 0 aromatic heterocycles. The largest absolute Gasteiger partial charge is 0.457 e. The number of benzene rings is 2. The van der Waals surface area contributed by atoms with Crippen molar-refractivity contribution < 1.29 is 9.13 Å². The van der Waals surface area contributed by atoms with E-state index in [1.54, 1.807) is 6.07 Å². The van der Waals surface area contributed by atoms with Gasteiger partial charge in [-0.05, 0) is 49.6 Å². The van der Waals surface area contributed by atoms with E-state index in [1.807, 2.05) is 26.8 Å². The Hall–Kier alpha value is -2.03. The SMILES string of the molecule is Cc1cc(C)c(C)c(Oc2cc(N)cc(F)c2)c1. The predicted octanol–water partition coefficient (Wildman–Crippen LogP) is 4.13. The maximum absolute atomic E-state index is 13.2. The van der Waals surface area contributed by atoms with Crippen molar-refractivity contribution in [2.45, 2.75) is 20.8 Å². The molecule has 2 N–H and O–H groups in total. The molecule has 0 aliphatic rings. The fourth-order valence-electron chi connectivity index (χ4n) is 1.88. The van der Waals surface area contributed by atoms with Crippen LogP contribution in [0.15, 0.2) is 30.3 Å². The molecule has 0 aliphatic carbocycles. The quantitative estimate of drug-likeness (QED) is 0.807. The molecule has 0 bridgehead atoms. The summed E-state index contributed by atoms with van der Waals surface area (Å²) >= 11 is 0. The minimum atomic E-state index is -0.396. The van der Waals surface area contributed by atoms with Crippen LogP contribution in [0.5, 0.6) is 11.5 Å². The second kappa shape index (κ2) is 4.69. The molecule has 0 unspecified atom stereocenters. The van der Waals surface area contributed by atoms with Crippen LogP contribution in [-0.2, 0) is 0 Å². The Morgan fingerprint density at radius 2 is 1.72 bits per heavy atom. The van der Waals surface area contributed by atoms with Gasteiger partial charge in [0.05, 0.1) is 0 Å². The highest BCUT2D eigenvalue weighted by Crippen LogP contribution is 2.29. The summed E-state index contributed by atoms with van der Waals surface area (Å²) in [5.74, 6) is 0.755. The van der Waals surface area contributed by atoms with Crippen LogP contribution >= 0.6 is 0 Å². The Bertz CT molecular complexity index is 573. The number of hydrogen-bond donors (Lipinski definition) is 1. The highest BCUT2D eigenvalue weighted by atomic mass is 19.1. The zero-order valence-corrected chi connectivity index (χ0v) is 10.8. The van der Waals surface area contributed by atoms with E-state index in [0.29, 0.717) is 11.4 Å². The lowest BCUT2D eigenvalue weighted by Crippen LogP contribution is -1.94. The number of anilines is 1. The van der Waals surface area contributed by atoms with Crippen LogP contribution in [0.25, 0.3) is 0 Å². The summed E-state index contributed by atoms with van der Waals surface area (Å²) in [6.45, 7) is 6.00. The fourth-order valence-corrected chi connectivity index (χ4v) is 1.88. The summed E-state index contributed by atoms with van der Waals surface area (Å²) < 4.78 is 18.9. The molecule has 0 spiro atoms. The normalized spacial score (nSPS) is 10.4. The van der Waals surface area contributed by atoms with E-state index in [9.17, 15) is 4.39 Å². The first kappa shape index (κ1) is 12.4. The summed E-state index contributed by atoms with van der Waals surface area (Å²) in [7, 11) is 0. The van der Waals surface area contributed by atoms with Gasteiger partial charge in [0.1, 0.15) is 17.3 Å². The molecule has 0 saturated heterocycles. The molecule has 0 fully saturated rings. The summed E-state index contributed by atoms with van der Waals surface area (Å²) in [6.07, 6.45) is 0. The molecule has 18 heavy (non-hydrogen) atoms. The van der Waals surface area contributed by atoms with Crippen molar-refractivity contribution in [3.05, 3.63) is 52.8 Å². The topological polar surface area (TPSA) is 35.2 Å². The van der Waals surface area contributed by atoms with E-state index < -0.39 is 5.82 Å². The van der Waals surface area contributed by atoms with Gasteiger partial charge in [-0.1, -0.05) is 6.07 Å². The number of rotatable bonds is 2. The van der Waals surface area contributed by atoms with Gasteiger partial charge < -0.3 is 10.5 Å². The number of ether oxygens (including phenoxy) is 1. The minimum absolute atomic E-state index is 0.354. The molecule has 0 atom stereocenters. The van der Waals surface area contributed by atoms with Gasteiger partial charge in [-0.15, -0.1) is 0 Å². The van der Waals surface area contributed by atoms with Gasteiger partial charge in [0.25, 0.3) is 0 Å². The van der Waals surface area contributed by atoms with Crippen molar-refractivity contribution >= 4 is 5.69 Å². The van der Waals surface area contributed by atoms with Gasteiger partial charge in [-0.3, -0.25) is 0 Å². The lowest BCUT2D eigenvalue weighted by molar-refractivity contribution is 0.473. The third-order valence-corrected chi connectivity index (χ3v) is 2.89. The fraction of sp³-hybridized carbons (Fsp3) is 0.200. The number of halogens is 1. The molecule has 0 amide bonds. The van der Waals surface area contributed by atoms with Crippen molar-refractivity contribution in [2.75, 3.05) is 5.73 Å². The first-order valence-electron chi connectivity index (χ1n) is 5.77. The Morgan fingerprint density at radius 1 is 1.00 bits per heavy atom. The first-order chi connectivity index (χ1) is 8.45. The van der Waals surface area contributed by atoms with Crippen molar-refractivity contribution in [3.63, 3.8) is 0 Å². The van der Waals surface area contributed by atoms with Crippen LogP contribution in [0.4, 0.5) is 10.1 Å². The maximum Gasteiger partial charge on any atom is 0.132 e. The Labute approximate surface area is 106 Å². The second-order valence-electron chi connectivity index (χ2n) is 4.53. The molecule has 94 valence electrons. The number of nitrogen functional groups attached to an aromatic ring is 1. The average Bonchev–Trinajstić information content (AvgIpc) is 2.23. The second-order valence-corrected chi connectivity index (χ2v) is 4.53. The van der Waals surface area contributed by atoms with Crippen LogP contribution in [-0.4, -0.2) is 0 Å². The molecule has 0 saturated carbocycles. The zero-order chi connectivity index (χ0) is 13.3. The summed E-state index contributed by atoms with van der Waals surface area (Å²) in [5.41, 5.74) is 9.25. The summed E-state index contributed by atoms with van der Waals surface area (Å²) in [5, 5.41) is 0. The van der Waals surface area contributed by atoms with Crippen molar-refractivity contribution in [2.24, 2.45) is 0 Å². The molecule has 2 aromatic rings. The summed E-state index contributed by atoms with van der Waals surface area (Å²) in [6, 6.07) is 8.22. The van der Waals surface area contributed by atoms with Crippen LogP contribution in [0, 0.1) is 26.6 Å². The molecular formula is C15H16FNO. The van der Waals surface area contributed by atoms with Gasteiger partial charge >= 0.3 is 0 Å². The third-order valence-electron chi connectivity index (χ3n) is 2.89. The predicted molar refractivity (Wildman–Crippen MR) is 71.5 cm³/mol.